The number of aromatic nitrogens is 2. The standard InChI is InChI=1S/C14H19N3O3S/c1-11-5-3-4-6-14(11)12(2)16-21(19,20)13-9-15-17(10-13)7-8-18/h3-6,9-10,12,16,18H,7-8H2,1-2H3. The molecule has 21 heavy (non-hydrogen) atoms. The zero-order valence-corrected chi connectivity index (χ0v) is 12.8. The molecule has 1 atom stereocenters. The molecular formula is C14H19N3O3S. The normalized spacial score (nSPS) is 13.3. The van der Waals surface area contributed by atoms with Crippen LogP contribution in [0.1, 0.15) is 24.1 Å². The number of aliphatic hydroxyl groups excluding tert-OH is 1. The van der Waals surface area contributed by atoms with Gasteiger partial charge < -0.3 is 5.11 Å². The molecule has 0 saturated heterocycles. The largest absolute Gasteiger partial charge is 0.394 e. The Morgan fingerprint density at radius 2 is 2.10 bits per heavy atom. The second-order valence-electron chi connectivity index (χ2n) is 4.86. The third kappa shape index (κ3) is 3.69. The monoisotopic (exact) mass is 309 g/mol. The van der Waals surface area contributed by atoms with Gasteiger partial charge in [0.2, 0.25) is 10.0 Å². The molecule has 1 aromatic carbocycles. The number of benzene rings is 1. The maximum atomic E-state index is 12.3. The van der Waals surface area contributed by atoms with Crippen LogP contribution in [0.3, 0.4) is 0 Å². The molecule has 2 N–H and O–H groups in total. The van der Waals surface area contributed by atoms with Crippen molar-refractivity contribution in [3.8, 4) is 0 Å². The predicted molar refractivity (Wildman–Crippen MR) is 79.2 cm³/mol. The van der Waals surface area contributed by atoms with E-state index in [-0.39, 0.29) is 24.1 Å². The lowest BCUT2D eigenvalue weighted by Gasteiger charge is -2.15. The third-order valence-electron chi connectivity index (χ3n) is 3.24. The summed E-state index contributed by atoms with van der Waals surface area (Å²) in [4.78, 5) is 0.0939. The summed E-state index contributed by atoms with van der Waals surface area (Å²) >= 11 is 0. The minimum Gasteiger partial charge on any atom is -0.394 e. The molecule has 1 aromatic heterocycles. The summed E-state index contributed by atoms with van der Waals surface area (Å²) in [6, 6.07) is 7.31. The van der Waals surface area contributed by atoms with Crippen molar-refractivity contribution in [1.29, 1.82) is 0 Å². The van der Waals surface area contributed by atoms with Crippen LogP contribution in [0.25, 0.3) is 0 Å². The van der Waals surface area contributed by atoms with E-state index in [1.807, 2.05) is 31.2 Å². The molecule has 0 saturated carbocycles. The van der Waals surface area contributed by atoms with Gasteiger partial charge in [0.25, 0.3) is 0 Å². The van der Waals surface area contributed by atoms with Gasteiger partial charge in [-0.1, -0.05) is 24.3 Å². The topological polar surface area (TPSA) is 84.2 Å². The Kier molecular flexibility index (Phi) is 4.76. The summed E-state index contributed by atoms with van der Waals surface area (Å²) in [7, 11) is -3.64. The van der Waals surface area contributed by atoms with Gasteiger partial charge in [0.15, 0.2) is 0 Å². The zero-order valence-electron chi connectivity index (χ0n) is 12.0. The number of hydrogen-bond donors (Lipinski definition) is 2. The molecule has 0 aliphatic rings. The number of rotatable bonds is 6. The van der Waals surface area contributed by atoms with Crippen LogP contribution in [-0.2, 0) is 16.6 Å². The van der Waals surface area contributed by atoms with Gasteiger partial charge in [-0.2, -0.15) is 5.10 Å². The van der Waals surface area contributed by atoms with Crippen molar-refractivity contribution in [2.75, 3.05) is 6.61 Å². The van der Waals surface area contributed by atoms with Crippen molar-refractivity contribution in [3.63, 3.8) is 0 Å². The van der Waals surface area contributed by atoms with E-state index >= 15 is 0 Å². The van der Waals surface area contributed by atoms with E-state index in [4.69, 9.17) is 5.11 Å². The first kappa shape index (κ1) is 15.7. The van der Waals surface area contributed by atoms with Crippen LogP contribution in [0.4, 0.5) is 0 Å². The summed E-state index contributed by atoms with van der Waals surface area (Å²) in [5.41, 5.74) is 1.97. The molecule has 0 aliphatic carbocycles. The van der Waals surface area contributed by atoms with Gasteiger partial charge in [-0.3, -0.25) is 4.68 Å². The van der Waals surface area contributed by atoms with Crippen molar-refractivity contribution < 1.29 is 13.5 Å². The van der Waals surface area contributed by atoms with Gasteiger partial charge in [0.1, 0.15) is 4.90 Å². The average Bonchev–Trinajstić information content (AvgIpc) is 2.88. The van der Waals surface area contributed by atoms with Crippen LogP contribution in [0, 0.1) is 6.92 Å². The smallest absolute Gasteiger partial charge is 0.244 e. The van der Waals surface area contributed by atoms with E-state index in [1.54, 1.807) is 6.92 Å². The van der Waals surface area contributed by atoms with Gasteiger partial charge in [-0.25, -0.2) is 13.1 Å². The molecular weight excluding hydrogens is 290 g/mol. The predicted octanol–water partition coefficient (Wildman–Crippen LogP) is 1.22. The lowest BCUT2D eigenvalue weighted by Crippen LogP contribution is -2.27. The molecule has 7 heteroatoms. The highest BCUT2D eigenvalue weighted by atomic mass is 32.2. The number of aliphatic hydroxyl groups is 1. The van der Waals surface area contributed by atoms with Crippen molar-refractivity contribution >= 4 is 10.0 Å². The maximum Gasteiger partial charge on any atom is 0.244 e. The molecule has 1 heterocycles. The fourth-order valence-corrected chi connectivity index (χ4v) is 3.32. The van der Waals surface area contributed by atoms with Crippen molar-refractivity contribution in [2.45, 2.75) is 31.3 Å². The van der Waals surface area contributed by atoms with E-state index < -0.39 is 10.0 Å². The number of nitrogens with one attached hydrogen (secondary N) is 1. The van der Waals surface area contributed by atoms with E-state index in [2.05, 4.69) is 9.82 Å². The number of hydrogen-bond acceptors (Lipinski definition) is 4. The van der Waals surface area contributed by atoms with E-state index in [1.165, 1.54) is 17.1 Å². The SMILES string of the molecule is Cc1ccccc1C(C)NS(=O)(=O)c1cnn(CCO)c1. The zero-order chi connectivity index (χ0) is 15.5. The summed E-state index contributed by atoms with van der Waals surface area (Å²) in [5.74, 6) is 0. The minimum absolute atomic E-state index is 0.0891. The van der Waals surface area contributed by atoms with Crippen LogP contribution in [0.5, 0.6) is 0 Å². The summed E-state index contributed by atoms with van der Waals surface area (Å²) in [5, 5.41) is 12.7. The van der Waals surface area contributed by atoms with Crippen LogP contribution in [0.2, 0.25) is 0 Å². The molecule has 0 spiro atoms. The highest BCUT2D eigenvalue weighted by Crippen LogP contribution is 2.19. The number of nitrogens with zero attached hydrogens (tertiary/aromatic N) is 2. The Hall–Kier alpha value is -1.70. The average molecular weight is 309 g/mol. The highest BCUT2D eigenvalue weighted by Gasteiger charge is 2.20. The molecule has 0 bridgehead atoms. The fourth-order valence-electron chi connectivity index (χ4n) is 2.14. The maximum absolute atomic E-state index is 12.3. The van der Waals surface area contributed by atoms with Crippen molar-refractivity contribution in [3.05, 3.63) is 47.8 Å². The van der Waals surface area contributed by atoms with Gasteiger partial charge in [0, 0.05) is 12.2 Å². The second-order valence-corrected chi connectivity index (χ2v) is 6.58. The lowest BCUT2D eigenvalue weighted by atomic mass is 10.0. The molecule has 2 aromatic rings. The third-order valence-corrected chi connectivity index (χ3v) is 4.73. The first-order valence-electron chi connectivity index (χ1n) is 6.65. The molecule has 1 unspecified atom stereocenters. The number of aryl methyl sites for hydroxylation is 1. The van der Waals surface area contributed by atoms with Crippen molar-refractivity contribution in [2.24, 2.45) is 0 Å². The number of sulfonamides is 1. The minimum atomic E-state index is -3.64. The molecule has 0 amide bonds. The summed E-state index contributed by atoms with van der Waals surface area (Å²) in [6.45, 7) is 3.93. The van der Waals surface area contributed by atoms with E-state index in [0.717, 1.165) is 11.1 Å². The Labute approximate surface area is 124 Å². The first-order chi connectivity index (χ1) is 9.94. The summed E-state index contributed by atoms with van der Waals surface area (Å²) in [6.07, 6.45) is 2.69. The van der Waals surface area contributed by atoms with Crippen LogP contribution >= 0.6 is 0 Å². The van der Waals surface area contributed by atoms with Crippen LogP contribution in [0.15, 0.2) is 41.6 Å². The Balaban J connectivity index is 2.18. The van der Waals surface area contributed by atoms with Gasteiger partial charge in [0.05, 0.1) is 19.3 Å². The Bertz CT molecular complexity index is 710. The Morgan fingerprint density at radius 1 is 1.38 bits per heavy atom. The van der Waals surface area contributed by atoms with E-state index in [0.29, 0.717) is 0 Å². The first-order valence-corrected chi connectivity index (χ1v) is 8.13. The van der Waals surface area contributed by atoms with Gasteiger partial charge in [-0.05, 0) is 25.0 Å². The molecule has 0 aliphatic heterocycles. The van der Waals surface area contributed by atoms with Gasteiger partial charge in [-0.15, -0.1) is 0 Å². The molecule has 0 radical (unpaired) electrons. The van der Waals surface area contributed by atoms with E-state index in [9.17, 15) is 8.42 Å². The Morgan fingerprint density at radius 3 is 2.76 bits per heavy atom. The van der Waals surface area contributed by atoms with Gasteiger partial charge >= 0.3 is 0 Å². The molecule has 6 nitrogen and oxygen atoms in total. The summed E-state index contributed by atoms with van der Waals surface area (Å²) < 4.78 is 28.7. The van der Waals surface area contributed by atoms with Crippen molar-refractivity contribution in [1.82, 2.24) is 14.5 Å². The molecule has 2 rings (SSSR count). The highest BCUT2D eigenvalue weighted by molar-refractivity contribution is 7.89. The molecule has 0 fully saturated rings. The quantitative estimate of drug-likeness (QED) is 0.840. The lowest BCUT2D eigenvalue weighted by molar-refractivity contribution is 0.269. The molecule has 114 valence electrons. The van der Waals surface area contributed by atoms with Crippen LogP contribution in [-0.4, -0.2) is 29.9 Å². The van der Waals surface area contributed by atoms with Crippen LogP contribution < -0.4 is 4.72 Å². The second kappa shape index (κ2) is 6.38. The fraction of sp³-hybridized carbons (Fsp3) is 0.357.